The van der Waals surface area contributed by atoms with Gasteiger partial charge in [0.05, 0.1) is 30.8 Å². The van der Waals surface area contributed by atoms with Crippen LogP contribution in [0.5, 0.6) is 5.75 Å². The van der Waals surface area contributed by atoms with Gasteiger partial charge in [0.1, 0.15) is 11.6 Å². The van der Waals surface area contributed by atoms with Gasteiger partial charge < -0.3 is 15.4 Å². The summed E-state index contributed by atoms with van der Waals surface area (Å²) in [5.41, 5.74) is 3.14. The van der Waals surface area contributed by atoms with E-state index in [-0.39, 0.29) is 24.8 Å². The van der Waals surface area contributed by atoms with Crippen LogP contribution >= 0.6 is 11.3 Å². The third-order valence-electron chi connectivity index (χ3n) is 4.64. The van der Waals surface area contributed by atoms with Crippen molar-refractivity contribution in [2.75, 3.05) is 26.7 Å². The van der Waals surface area contributed by atoms with E-state index in [1.807, 2.05) is 10.3 Å². The molecule has 28 heavy (non-hydrogen) atoms. The molecule has 0 aliphatic carbocycles. The van der Waals surface area contributed by atoms with Gasteiger partial charge in [-0.3, -0.25) is 14.5 Å². The van der Waals surface area contributed by atoms with Crippen LogP contribution in [0.1, 0.15) is 17.7 Å². The second-order valence-electron chi connectivity index (χ2n) is 6.52. The molecule has 7 nitrogen and oxygen atoms in total. The molecule has 3 rings (SSSR count). The Morgan fingerprint density at radius 3 is 3.07 bits per heavy atom. The first kappa shape index (κ1) is 20.2. The molecule has 9 heteroatoms. The summed E-state index contributed by atoms with van der Waals surface area (Å²) in [4.78, 5) is 30.6. The van der Waals surface area contributed by atoms with E-state index >= 15 is 0 Å². The number of hydrogen-bond donors (Lipinski definition) is 2. The Labute approximate surface area is 166 Å². The van der Waals surface area contributed by atoms with Crippen molar-refractivity contribution in [3.8, 4) is 5.75 Å². The number of methoxy groups -OCH3 is 1. The van der Waals surface area contributed by atoms with E-state index in [2.05, 4.69) is 15.6 Å². The predicted molar refractivity (Wildman–Crippen MR) is 104 cm³/mol. The van der Waals surface area contributed by atoms with Gasteiger partial charge in [-0.25, -0.2) is 9.37 Å². The highest BCUT2D eigenvalue weighted by Gasteiger charge is 2.32. The highest BCUT2D eigenvalue weighted by Crippen LogP contribution is 2.20. The summed E-state index contributed by atoms with van der Waals surface area (Å²) in [6.07, 6.45) is 0.674. The van der Waals surface area contributed by atoms with Crippen molar-refractivity contribution in [2.45, 2.75) is 25.4 Å². The molecule has 1 fully saturated rings. The average Bonchev–Trinajstić information content (AvgIpc) is 3.19. The normalized spacial score (nSPS) is 17.2. The Hall–Kier alpha value is -2.52. The molecule has 150 valence electrons. The van der Waals surface area contributed by atoms with Crippen LogP contribution in [0, 0.1) is 5.82 Å². The van der Waals surface area contributed by atoms with Crippen LogP contribution in [0.4, 0.5) is 4.39 Å². The van der Waals surface area contributed by atoms with E-state index in [0.29, 0.717) is 37.4 Å². The van der Waals surface area contributed by atoms with Gasteiger partial charge in [0.2, 0.25) is 11.8 Å². The number of nitrogens with one attached hydrogen (secondary N) is 2. The molecule has 1 aromatic heterocycles. The Kier molecular flexibility index (Phi) is 6.94. The van der Waals surface area contributed by atoms with Crippen molar-refractivity contribution < 1.29 is 18.7 Å². The van der Waals surface area contributed by atoms with Crippen LogP contribution in [0.3, 0.4) is 0 Å². The molecule has 0 spiro atoms. The third kappa shape index (κ3) is 5.26. The summed E-state index contributed by atoms with van der Waals surface area (Å²) in [5.74, 6) is -0.377. The minimum atomic E-state index is -0.630. The summed E-state index contributed by atoms with van der Waals surface area (Å²) in [7, 11) is 1.48. The molecule has 0 bridgehead atoms. The molecule has 1 saturated heterocycles. The summed E-state index contributed by atoms with van der Waals surface area (Å²) in [6, 6.07) is 4.02. The zero-order valence-electron chi connectivity index (χ0n) is 15.6. The molecular weight excluding hydrogens is 383 g/mol. The van der Waals surface area contributed by atoms with Crippen LogP contribution < -0.4 is 15.4 Å². The lowest BCUT2D eigenvalue weighted by Crippen LogP contribution is -2.56. The maximum atomic E-state index is 14.3. The van der Waals surface area contributed by atoms with Crippen LogP contribution in [-0.4, -0.2) is 54.5 Å². The van der Waals surface area contributed by atoms with Crippen LogP contribution in [0.25, 0.3) is 0 Å². The van der Waals surface area contributed by atoms with E-state index in [9.17, 15) is 14.0 Å². The Bertz CT molecular complexity index is 816. The lowest BCUT2D eigenvalue weighted by atomic mass is 10.1. The van der Waals surface area contributed by atoms with Crippen LogP contribution in [-0.2, 0) is 22.6 Å². The maximum absolute atomic E-state index is 14.3. The average molecular weight is 406 g/mol. The van der Waals surface area contributed by atoms with Crippen molar-refractivity contribution in [1.82, 2.24) is 20.5 Å². The number of carbonyl (C=O) groups excluding carboxylic acids is 2. The van der Waals surface area contributed by atoms with Gasteiger partial charge in [-0.1, -0.05) is 6.07 Å². The number of rotatable bonds is 8. The number of benzene rings is 1. The summed E-state index contributed by atoms with van der Waals surface area (Å²) >= 11 is 1.51. The molecule has 0 radical (unpaired) electrons. The molecule has 1 aliphatic heterocycles. The van der Waals surface area contributed by atoms with Gasteiger partial charge in [-0.2, -0.15) is 0 Å². The van der Waals surface area contributed by atoms with Crippen molar-refractivity contribution in [2.24, 2.45) is 0 Å². The standard InChI is InChI=1S/C19H23FN4O3S/c1-27-15-3-2-13(16(20)8-15)10-24-7-6-22-19(26)17(24)9-18(25)21-5-4-14-11-28-12-23-14/h2-3,8,11-12,17H,4-7,9-10H2,1H3,(H,21,25)(H,22,26)/t17-/m1/s1. The molecule has 2 N–H and O–H groups in total. The number of halogens is 1. The van der Waals surface area contributed by atoms with E-state index in [0.717, 1.165) is 5.69 Å². The minimum Gasteiger partial charge on any atom is -0.497 e. The topological polar surface area (TPSA) is 83.6 Å². The zero-order valence-corrected chi connectivity index (χ0v) is 16.4. The number of piperazine rings is 1. The zero-order chi connectivity index (χ0) is 19.9. The molecule has 1 aromatic carbocycles. The molecule has 2 amide bonds. The number of nitrogens with zero attached hydrogens (tertiary/aromatic N) is 2. The number of thiazole rings is 1. The van der Waals surface area contributed by atoms with Crippen molar-refractivity contribution in [3.63, 3.8) is 0 Å². The van der Waals surface area contributed by atoms with Crippen molar-refractivity contribution >= 4 is 23.2 Å². The van der Waals surface area contributed by atoms with Gasteiger partial charge in [0.15, 0.2) is 0 Å². The quantitative estimate of drug-likeness (QED) is 0.691. The molecule has 2 aromatic rings. The van der Waals surface area contributed by atoms with Crippen molar-refractivity contribution in [1.29, 1.82) is 0 Å². The van der Waals surface area contributed by atoms with E-state index in [1.54, 1.807) is 17.6 Å². The number of hydrogen-bond acceptors (Lipinski definition) is 6. The SMILES string of the molecule is COc1ccc(CN2CCNC(=O)[C@H]2CC(=O)NCCc2cscn2)c(F)c1. The van der Waals surface area contributed by atoms with Gasteiger partial charge in [0, 0.05) is 49.6 Å². The lowest BCUT2D eigenvalue weighted by molar-refractivity contribution is -0.134. The highest BCUT2D eigenvalue weighted by atomic mass is 32.1. The summed E-state index contributed by atoms with van der Waals surface area (Å²) in [6.45, 7) is 1.73. The number of aromatic nitrogens is 1. The maximum Gasteiger partial charge on any atom is 0.237 e. The van der Waals surface area contributed by atoms with Crippen LogP contribution in [0.15, 0.2) is 29.1 Å². The van der Waals surface area contributed by atoms with E-state index < -0.39 is 11.9 Å². The molecule has 1 aliphatic rings. The first-order valence-corrected chi connectivity index (χ1v) is 9.99. The molecule has 1 atom stereocenters. The Morgan fingerprint density at radius 2 is 2.36 bits per heavy atom. The lowest BCUT2D eigenvalue weighted by Gasteiger charge is -2.34. The van der Waals surface area contributed by atoms with Crippen molar-refractivity contribution in [3.05, 3.63) is 46.2 Å². The first-order valence-electron chi connectivity index (χ1n) is 9.04. The van der Waals surface area contributed by atoms with Crippen LogP contribution in [0.2, 0.25) is 0 Å². The number of amides is 2. The largest absolute Gasteiger partial charge is 0.497 e. The Morgan fingerprint density at radius 1 is 1.50 bits per heavy atom. The fourth-order valence-electron chi connectivity index (χ4n) is 3.11. The third-order valence-corrected chi connectivity index (χ3v) is 5.28. The monoisotopic (exact) mass is 406 g/mol. The highest BCUT2D eigenvalue weighted by molar-refractivity contribution is 7.07. The van der Waals surface area contributed by atoms with Gasteiger partial charge >= 0.3 is 0 Å². The molecular formula is C19H23FN4O3S. The summed E-state index contributed by atoms with van der Waals surface area (Å²) in [5, 5.41) is 7.55. The molecule has 0 saturated carbocycles. The first-order chi connectivity index (χ1) is 13.6. The second-order valence-corrected chi connectivity index (χ2v) is 7.24. The van der Waals surface area contributed by atoms with E-state index in [4.69, 9.17) is 4.74 Å². The predicted octanol–water partition coefficient (Wildman–Crippen LogP) is 1.34. The van der Waals surface area contributed by atoms with E-state index in [1.165, 1.54) is 24.5 Å². The second kappa shape index (κ2) is 9.61. The van der Waals surface area contributed by atoms with Gasteiger partial charge in [-0.15, -0.1) is 11.3 Å². The number of carbonyl (C=O) groups is 2. The number of ether oxygens (including phenoxy) is 1. The minimum absolute atomic E-state index is 0.0284. The van der Waals surface area contributed by atoms with Gasteiger partial charge in [0.25, 0.3) is 0 Å². The fourth-order valence-corrected chi connectivity index (χ4v) is 3.71. The molecule has 2 heterocycles. The molecule has 0 unspecified atom stereocenters. The Balaban J connectivity index is 1.58. The fraction of sp³-hybridized carbons (Fsp3) is 0.421. The summed E-state index contributed by atoms with van der Waals surface area (Å²) < 4.78 is 19.3. The smallest absolute Gasteiger partial charge is 0.237 e. The van der Waals surface area contributed by atoms with Gasteiger partial charge in [-0.05, 0) is 6.07 Å².